The highest BCUT2D eigenvalue weighted by Crippen LogP contribution is 2.54. The van der Waals surface area contributed by atoms with Crippen molar-refractivity contribution in [1.82, 2.24) is 30.3 Å². The second kappa shape index (κ2) is 11.9. The summed E-state index contributed by atoms with van der Waals surface area (Å²) in [5.41, 5.74) is -1.71. The number of halogens is 3. The van der Waals surface area contributed by atoms with Gasteiger partial charge < -0.3 is 30.1 Å². The standard InChI is InChI=1S/C30H41F3N6O3/c1-4-23-20-38(27(41)28(11-7-12-28)30(31,32)33)16-17-39(23)24-9-13-29(42-5-2,21-8-6-14-34-18-21)36-25(24)26(40)35-22-10-15-37(3)19-22/h6,8-9,13-14,18,22-23,36H,4-5,7,10-12,15-17,19-20H2,1-3H3,(H,35,40)/t22-,23-,29?/m1/s1. The Labute approximate surface area is 245 Å². The fourth-order valence-corrected chi connectivity index (χ4v) is 6.60. The maximum atomic E-state index is 14.0. The van der Waals surface area contributed by atoms with Gasteiger partial charge in [-0.2, -0.15) is 13.2 Å². The van der Waals surface area contributed by atoms with Gasteiger partial charge in [-0.25, -0.2) is 0 Å². The summed E-state index contributed by atoms with van der Waals surface area (Å²) in [5, 5.41) is 6.56. The Kier molecular flexibility index (Phi) is 8.58. The average molecular weight is 591 g/mol. The molecule has 230 valence electrons. The summed E-state index contributed by atoms with van der Waals surface area (Å²) in [6, 6.07) is 3.40. The molecule has 0 spiro atoms. The molecule has 1 saturated carbocycles. The second-order valence-corrected chi connectivity index (χ2v) is 11.8. The van der Waals surface area contributed by atoms with E-state index in [0.717, 1.165) is 25.1 Å². The molecule has 12 heteroatoms. The highest BCUT2D eigenvalue weighted by atomic mass is 19.4. The molecule has 0 aromatic carbocycles. The summed E-state index contributed by atoms with van der Waals surface area (Å²) in [5.74, 6) is -1.10. The molecule has 3 aliphatic heterocycles. The Bertz CT molecular complexity index is 1220. The fourth-order valence-electron chi connectivity index (χ4n) is 6.60. The zero-order valence-corrected chi connectivity index (χ0v) is 24.5. The summed E-state index contributed by atoms with van der Waals surface area (Å²) in [6.07, 6.45) is 4.03. The number of pyridine rings is 1. The number of aromatic nitrogens is 1. The van der Waals surface area contributed by atoms with Crippen molar-refractivity contribution in [3.05, 3.63) is 53.6 Å². The third kappa shape index (κ3) is 5.50. The van der Waals surface area contributed by atoms with Crippen LogP contribution in [-0.2, 0) is 20.1 Å². The molecular weight excluding hydrogens is 549 g/mol. The predicted octanol–water partition coefficient (Wildman–Crippen LogP) is 3.12. The van der Waals surface area contributed by atoms with Crippen molar-refractivity contribution in [3.8, 4) is 0 Å². The van der Waals surface area contributed by atoms with Gasteiger partial charge in [0.1, 0.15) is 11.1 Å². The van der Waals surface area contributed by atoms with E-state index in [1.54, 1.807) is 18.5 Å². The minimum absolute atomic E-state index is 0.0127. The first-order valence-electron chi connectivity index (χ1n) is 14.9. The third-order valence-corrected chi connectivity index (χ3v) is 9.17. The SMILES string of the molecule is CCOC1(c2cccnc2)C=CC(N2CCN(C(=O)C3(C(F)(F)F)CCC3)C[C@H]2CC)=C(C(=O)N[C@@H]2CCN(C)C2)N1. The van der Waals surface area contributed by atoms with Gasteiger partial charge >= 0.3 is 6.18 Å². The van der Waals surface area contributed by atoms with Crippen molar-refractivity contribution >= 4 is 11.8 Å². The number of alkyl halides is 3. The van der Waals surface area contributed by atoms with Crippen molar-refractivity contribution < 1.29 is 27.5 Å². The highest BCUT2D eigenvalue weighted by molar-refractivity contribution is 5.95. The number of rotatable bonds is 8. The largest absolute Gasteiger partial charge is 0.403 e. The quantitative estimate of drug-likeness (QED) is 0.481. The number of ether oxygens (including phenoxy) is 1. The first kappa shape index (κ1) is 30.3. The molecule has 1 aromatic rings. The molecule has 42 heavy (non-hydrogen) atoms. The number of amides is 2. The Morgan fingerprint density at radius 1 is 1.19 bits per heavy atom. The normalized spacial score (nSPS) is 28.0. The van der Waals surface area contributed by atoms with Crippen LogP contribution in [0.3, 0.4) is 0 Å². The number of hydrogen-bond donors (Lipinski definition) is 2. The van der Waals surface area contributed by atoms with E-state index in [1.165, 1.54) is 4.90 Å². The molecule has 1 aliphatic carbocycles. The maximum absolute atomic E-state index is 14.0. The van der Waals surface area contributed by atoms with Crippen LogP contribution in [0.5, 0.6) is 0 Å². The lowest BCUT2D eigenvalue weighted by Gasteiger charge is -2.49. The predicted molar refractivity (Wildman–Crippen MR) is 151 cm³/mol. The van der Waals surface area contributed by atoms with Crippen LogP contribution < -0.4 is 10.6 Å². The van der Waals surface area contributed by atoms with E-state index < -0.39 is 23.2 Å². The van der Waals surface area contributed by atoms with Gasteiger partial charge in [-0.05, 0) is 64.4 Å². The molecule has 2 amide bonds. The molecule has 0 radical (unpaired) electrons. The summed E-state index contributed by atoms with van der Waals surface area (Å²) in [4.78, 5) is 37.0. The Hall–Kier alpha value is -3.12. The van der Waals surface area contributed by atoms with Crippen LogP contribution in [0.25, 0.3) is 0 Å². The smallest absolute Gasteiger partial charge is 0.363 e. The summed E-state index contributed by atoms with van der Waals surface area (Å²) < 4.78 is 48.1. The van der Waals surface area contributed by atoms with Gasteiger partial charge in [0, 0.05) is 62.8 Å². The number of hydrogen-bond acceptors (Lipinski definition) is 7. The van der Waals surface area contributed by atoms with Gasteiger partial charge in [-0.1, -0.05) is 19.4 Å². The number of dihydropyridines is 1. The highest BCUT2D eigenvalue weighted by Gasteiger charge is 2.64. The third-order valence-electron chi connectivity index (χ3n) is 9.17. The van der Waals surface area contributed by atoms with E-state index in [1.807, 2.05) is 44.0 Å². The summed E-state index contributed by atoms with van der Waals surface area (Å²) >= 11 is 0. The van der Waals surface area contributed by atoms with Crippen molar-refractivity contribution in [2.75, 3.05) is 46.4 Å². The number of carbonyl (C=O) groups excluding carboxylic acids is 2. The number of allylic oxidation sites excluding steroid dienone is 1. The lowest BCUT2D eigenvalue weighted by atomic mass is 9.67. The lowest BCUT2D eigenvalue weighted by Crippen LogP contribution is -2.62. The van der Waals surface area contributed by atoms with E-state index in [0.29, 0.717) is 37.4 Å². The molecule has 1 unspecified atom stereocenters. The summed E-state index contributed by atoms with van der Waals surface area (Å²) in [6.45, 7) is 6.42. The van der Waals surface area contributed by atoms with Crippen molar-refractivity contribution in [1.29, 1.82) is 0 Å². The number of piperazine rings is 1. The van der Waals surface area contributed by atoms with Crippen LogP contribution in [-0.4, -0.2) is 96.1 Å². The first-order valence-corrected chi connectivity index (χ1v) is 14.9. The molecule has 0 bridgehead atoms. The van der Waals surface area contributed by atoms with Crippen LogP contribution in [0.4, 0.5) is 13.2 Å². The number of nitrogens with one attached hydrogen (secondary N) is 2. The molecule has 4 aliphatic rings. The van der Waals surface area contributed by atoms with E-state index >= 15 is 0 Å². The number of likely N-dealkylation sites (tertiary alicyclic amines) is 1. The van der Waals surface area contributed by atoms with Crippen LogP contribution in [0, 0.1) is 5.41 Å². The average Bonchev–Trinajstić information content (AvgIpc) is 3.36. The van der Waals surface area contributed by atoms with Crippen LogP contribution in [0.15, 0.2) is 48.1 Å². The Morgan fingerprint density at radius 3 is 2.55 bits per heavy atom. The molecule has 1 aromatic heterocycles. The van der Waals surface area contributed by atoms with E-state index in [2.05, 4.69) is 20.5 Å². The number of nitrogens with zero attached hydrogens (tertiary/aromatic N) is 4. The Balaban J connectivity index is 1.45. The molecule has 3 atom stereocenters. The molecule has 2 N–H and O–H groups in total. The number of carbonyl (C=O) groups is 2. The van der Waals surface area contributed by atoms with Crippen LogP contribution in [0.1, 0.15) is 51.5 Å². The van der Waals surface area contributed by atoms with Crippen molar-refractivity contribution in [3.63, 3.8) is 0 Å². The van der Waals surface area contributed by atoms with Gasteiger partial charge in [-0.3, -0.25) is 14.6 Å². The number of likely N-dealkylation sites (N-methyl/N-ethyl adjacent to an activating group) is 1. The van der Waals surface area contributed by atoms with E-state index in [4.69, 9.17) is 4.74 Å². The van der Waals surface area contributed by atoms with E-state index in [9.17, 15) is 22.8 Å². The van der Waals surface area contributed by atoms with Crippen LogP contribution >= 0.6 is 0 Å². The van der Waals surface area contributed by atoms with Gasteiger partial charge in [0.25, 0.3) is 5.91 Å². The van der Waals surface area contributed by atoms with Gasteiger partial charge in [0.15, 0.2) is 5.72 Å². The minimum atomic E-state index is -4.56. The fraction of sp³-hybridized carbons (Fsp3) is 0.633. The molecule has 3 fully saturated rings. The zero-order valence-electron chi connectivity index (χ0n) is 24.5. The maximum Gasteiger partial charge on any atom is 0.403 e. The monoisotopic (exact) mass is 590 g/mol. The first-order chi connectivity index (χ1) is 20.0. The van der Waals surface area contributed by atoms with E-state index in [-0.39, 0.29) is 43.9 Å². The van der Waals surface area contributed by atoms with Crippen molar-refractivity contribution in [2.45, 2.75) is 69.9 Å². The molecule has 5 rings (SSSR count). The molecular formula is C30H41F3N6O3. The second-order valence-electron chi connectivity index (χ2n) is 11.8. The molecule has 2 saturated heterocycles. The van der Waals surface area contributed by atoms with Gasteiger partial charge in [0.2, 0.25) is 5.91 Å². The van der Waals surface area contributed by atoms with Crippen molar-refractivity contribution in [2.24, 2.45) is 5.41 Å². The minimum Gasteiger partial charge on any atom is -0.363 e. The van der Waals surface area contributed by atoms with Gasteiger partial charge in [-0.15, -0.1) is 0 Å². The Morgan fingerprint density at radius 2 is 1.98 bits per heavy atom. The lowest BCUT2D eigenvalue weighted by molar-refractivity contribution is -0.249. The van der Waals surface area contributed by atoms with Gasteiger partial charge in [0.05, 0.1) is 5.70 Å². The zero-order chi connectivity index (χ0) is 30.1. The molecule has 4 heterocycles. The summed E-state index contributed by atoms with van der Waals surface area (Å²) in [7, 11) is 2.01. The van der Waals surface area contributed by atoms with Crippen LogP contribution in [0.2, 0.25) is 0 Å². The topological polar surface area (TPSA) is 90.0 Å². The molecule has 9 nitrogen and oxygen atoms in total.